The number of H-pyrrole nitrogens is 1. The van der Waals surface area contributed by atoms with Crippen molar-refractivity contribution in [3.05, 3.63) is 56.4 Å². The Morgan fingerprint density at radius 3 is 2.91 bits per heavy atom. The van der Waals surface area contributed by atoms with Crippen molar-refractivity contribution < 1.29 is 10.0 Å². The molecule has 9 nitrogen and oxygen atoms in total. The predicted octanol–water partition coefficient (Wildman–Crippen LogP) is 0.969. The molecule has 0 aliphatic rings. The Kier molecular flexibility index (Phi) is 3.02. The van der Waals surface area contributed by atoms with Gasteiger partial charge in [-0.15, -0.1) is 0 Å². The minimum Gasteiger partial charge on any atom is -0.494 e. The van der Waals surface area contributed by atoms with Crippen molar-refractivity contribution in [2.45, 2.75) is 6.54 Å². The van der Waals surface area contributed by atoms with E-state index in [0.717, 1.165) is 0 Å². The number of nitrogens with one attached hydrogen (secondary N) is 1. The number of nitrogen functional groups attached to an aromatic ring is 1. The zero-order valence-electron chi connectivity index (χ0n) is 11.2. The van der Waals surface area contributed by atoms with Crippen LogP contribution in [0.1, 0.15) is 5.56 Å². The lowest BCUT2D eigenvalue weighted by Gasteiger charge is -2.04. The first kappa shape index (κ1) is 13.6. The topological polar surface area (TPSA) is 140 Å². The molecule has 112 valence electrons. The maximum atomic E-state index is 11.8. The van der Waals surface area contributed by atoms with Crippen LogP contribution in [0.15, 0.2) is 35.1 Å². The zero-order valence-corrected chi connectivity index (χ0v) is 11.2. The van der Waals surface area contributed by atoms with Crippen LogP contribution in [0, 0.1) is 10.1 Å². The summed E-state index contributed by atoms with van der Waals surface area (Å²) in [7, 11) is 0. The van der Waals surface area contributed by atoms with Crippen LogP contribution in [0.5, 0.6) is 5.88 Å². The lowest BCUT2D eigenvalue weighted by atomic mass is 10.2. The van der Waals surface area contributed by atoms with E-state index in [4.69, 9.17) is 5.73 Å². The van der Waals surface area contributed by atoms with E-state index in [2.05, 4.69) is 10.1 Å². The van der Waals surface area contributed by atoms with Crippen LogP contribution in [0.2, 0.25) is 0 Å². The summed E-state index contributed by atoms with van der Waals surface area (Å²) in [4.78, 5) is 24.3. The van der Waals surface area contributed by atoms with Gasteiger partial charge in [-0.1, -0.05) is 12.1 Å². The molecule has 0 atom stereocenters. The fraction of sp³-hybridized carbons (Fsp3) is 0.0769. The first-order valence-electron chi connectivity index (χ1n) is 6.27. The number of benzene rings is 1. The standard InChI is InChI=1S/C13H11N5O4/c14-12-11-9(5-10(19)15-13(11)20)16-17(12)6-7-2-1-3-8(4-7)18(21)22/h1-5,19H,6,14H2,(H,15,20). The number of pyridine rings is 1. The van der Waals surface area contributed by atoms with Gasteiger partial charge in [-0.2, -0.15) is 5.10 Å². The van der Waals surface area contributed by atoms with E-state index in [9.17, 15) is 20.0 Å². The summed E-state index contributed by atoms with van der Waals surface area (Å²) in [6, 6.07) is 7.34. The largest absolute Gasteiger partial charge is 0.494 e. The van der Waals surface area contributed by atoms with E-state index in [-0.39, 0.29) is 34.8 Å². The Hall–Kier alpha value is -3.36. The molecule has 0 unspecified atom stereocenters. The molecule has 2 aromatic heterocycles. The van der Waals surface area contributed by atoms with Crippen molar-refractivity contribution in [2.75, 3.05) is 5.73 Å². The van der Waals surface area contributed by atoms with E-state index in [1.807, 2.05) is 0 Å². The molecule has 9 heteroatoms. The molecular weight excluding hydrogens is 290 g/mol. The molecule has 0 fully saturated rings. The smallest absolute Gasteiger partial charge is 0.269 e. The molecule has 2 heterocycles. The molecule has 0 saturated carbocycles. The van der Waals surface area contributed by atoms with E-state index >= 15 is 0 Å². The molecule has 22 heavy (non-hydrogen) atoms. The van der Waals surface area contributed by atoms with Gasteiger partial charge in [0.15, 0.2) is 5.88 Å². The van der Waals surface area contributed by atoms with Crippen LogP contribution >= 0.6 is 0 Å². The van der Waals surface area contributed by atoms with Crippen molar-refractivity contribution in [3.63, 3.8) is 0 Å². The normalized spacial score (nSPS) is 10.9. The fourth-order valence-corrected chi connectivity index (χ4v) is 2.23. The van der Waals surface area contributed by atoms with Crippen LogP contribution in [-0.4, -0.2) is 24.8 Å². The van der Waals surface area contributed by atoms with Crippen LogP contribution in [0.25, 0.3) is 10.9 Å². The van der Waals surface area contributed by atoms with Crippen LogP contribution in [-0.2, 0) is 6.54 Å². The second kappa shape index (κ2) is 4.88. The maximum absolute atomic E-state index is 11.8. The van der Waals surface area contributed by atoms with Crippen molar-refractivity contribution in [2.24, 2.45) is 0 Å². The molecule has 0 aliphatic carbocycles. The number of hydrogen-bond donors (Lipinski definition) is 3. The highest BCUT2D eigenvalue weighted by atomic mass is 16.6. The number of aromatic amines is 1. The van der Waals surface area contributed by atoms with Gasteiger partial charge in [-0.3, -0.25) is 19.9 Å². The molecule has 0 bridgehead atoms. The Labute approximate surface area is 122 Å². The minimum absolute atomic E-state index is 0.0386. The molecule has 0 radical (unpaired) electrons. The molecule has 0 aliphatic heterocycles. The van der Waals surface area contributed by atoms with Crippen LogP contribution < -0.4 is 11.3 Å². The summed E-state index contributed by atoms with van der Waals surface area (Å²) >= 11 is 0. The lowest BCUT2D eigenvalue weighted by molar-refractivity contribution is -0.384. The van der Waals surface area contributed by atoms with Crippen molar-refractivity contribution in [3.8, 4) is 5.88 Å². The number of aromatic hydroxyl groups is 1. The summed E-state index contributed by atoms with van der Waals surface area (Å²) in [6.45, 7) is 0.169. The lowest BCUT2D eigenvalue weighted by Crippen LogP contribution is -2.09. The molecular formula is C13H11N5O4. The number of rotatable bonds is 3. The number of nitro benzene ring substituents is 1. The van der Waals surface area contributed by atoms with E-state index in [0.29, 0.717) is 5.56 Å². The second-order valence-electron chi connectivity index (χ2n) is 4.71. The SMILES string of the molecule is Nc1c2c(=O)[nH]c(O)cc2nn1Cc1cccc([N+](=O)[O-])c1. The average Bonchev–Trinajstić information content (AvgIpc) is 2.75. The number of aromatic nitrogens is 3. The summed E-state index contributed by atoms with van der Waals surface area (Å²) in [6.07, 6.45) is 0. The van der Waals surface area contributed by atoms with Crippen molar-refractivity contribution in [1.29, 1.82) is 0 Å². The number of fused-ring (bicyclic) bond motifs is 1. The quantitative estimate of drug-likeness (QED) is 0.486. The molecule has 0 amide bonds. The molecule has 3 rings (SSSR count). The molecule has 0 saturated heterocycles. The highest BCUT2D eigenvalue weighted by Crippen LogP contribution is 2.21. The average molecular weight is 301 g/mol. The third kappa shape index (κ3) is 2.24. The first-order chi connectivity index (χ1) is 10.5. The Balaban J connectivity index is 2.06. The van der Waals surface area contributed by atoms with Gasteiger partial charge in [-0.05, 0) is 5.56 Å². The number of nitro groups is 1. The number of hydrogen-bond acceptors (Lipinski definition) is 6. The Morgan fingerprint density at radius 2 is 2.18 bits per heavy atom. The van der Waals surface area contributed by atoms with Gasteiger partial charge in [0.2, 0.25) is 0 Å². The molecule has 1 aromatic carbocycles. The summed E-state index contributed by atoms with van der Waals surface area (Å²) in [5, 5.41) is 24.5. The van der Waals surface area contributed by atoms with E-state index in [1.165, 1.54) is 22.9 Å². The van der Waals surface area contributed by atoms with Gasteiger partial charge in [0, 0.05) is 18.2 Å². The molecule has 3 aromatic rings. The van der Waals surface area contributed by atoms with Gasteiger partial charge in [0.1, 0.15) is 16.7 Å². The van der Waals surface area contributed by atoms with Crippen molar-refractivity contribution >= 4 is 22.4 Å². The predicted molar refractivity (Wildman–Crippen MR) is 78.6 cm³/mol. The number of non-ortho nitro benzene ring substituents is 1. The second-order valence-corrected chi connectivity index (χ2v) is 4.71. The summed E-state index contributed by atoms with van der Waals surface area (Å²) in [5.74, 6) is -0.180. The molecule has 4 N–H and O–H groups in total. The Morgan fingerprint density at radius 1 is 1.41 bits per heavy atom. The summed E-state index contributed by atoms with van der Waals surface area (Å²) in [5.41, 5.74) is 6.19. The van der Waals surface area contributed by atoms with Crippen molar-refractivity contribution in [1.82, 2.24) is 14.8 Å². The fourth-order valence-electron chi connectivity index (χ4n) is 2.23. The minimum atomic E-state index is -0.544. The number of nitrogens with two attached hydrogens (primary N) is 1. The zero-order chi connectivity index (χ0) is 15.9. The number of anilines is 1. The van der Waals surface area contributed by atoms with Crippen LogP contribution in [0.3, 0.4) is 0 Å². The highest BCUT2D eigenvalue weighted by molar-refractivity contribution is 5.88. The third-order valence-corrected chi connectivity index (χ3v) is 3.21. The first-order valence-corrected chi connectivity index (χ1v) is 6.27. The third-order valence-electron chi connectivity index (χ3n) is 3.21. The Bertz CT molecular complexity index is 943. The summed E-state index contributed by atoms with van der Waals surface area (Å²) < 4.78 is 1.36. The van der Waals surface area contributed by atoms with Gasteiger partial charge in [0.25, 0.3) is 11.2 Å². The van der Waals surface area contributed by atoms with E-state index in [1.54, 1.807) is 12.1 Å². The van der Waals surface area contributed by atoms with Crippen LogP contribution in [0.4, 0.5) is 11.5 Å². The maximum Gasteiger partial charge on any atom is 0.269 e. The van der Waals surface area contributed by atoms with E-state index < -0.39 is 10.5 Å². The van der Waals surface area contributed by atoms with Gasteiger partial charge in [-0.25, -0.2) is 4.68 Å². The van der Waals surface area contributed by atoms with Gasteiger partial charge >= 0.3 is 0 Å². The number of nitrogens with zero attached hydrogens (tertiary/aromatic N) is 3. The van der Waals surface area contributed by atoms with Gasteiger partial charge < -0.3 is 10.8 Å². The van der Waals surface area contributed by atoms with Gasteiger partial charge in [0.05, 0.1) is 11.5 Å². The molecule has 0 spiro atoms. The monoisotopic (exact) mass is 301 g/mol. The highest BCUT2D eigenvalue weighted by Gasteiger charge is 2.14.